The van der Waals surface area contributed by atoms with Crippen molar-refractivity contribution in [2.24, 2.45) is 28.6 Å². The molecule has 3 heterocycles. The molecule has 3 rings (SSSR count). The summed E-state index contributed by atoms with van der Waals surface area (Å²) in [6.45, 7) is 25.2. The Morgan fingerprint density at radius 2 is 0.733 bits per heavy atom. The lowest BCUT2D eigenvalue weighted by Crippen LogP contribution is -2.73. The second-order valence-electron chi connectivity index (χ2n) is 18.9. The Labute approximate surface area is 273 Å². The molecule has 3 aliphatic rings. The SMILES string of the molecule is CN1C(C)(C)CC(C(C(=O)O)(C(=O)O)C(CC(=O)O)(C2CC(C)(C)N(C)C(C)(C)C2)C2CC(C)(C)N(C)C(C)(C)C2)CC1(C)C. The van der Waals surface area contributed by atoms with Crippen molar-refractivity contribution >= 4 is 17.9 Å². The van der Waals surface area contributed by atoms with Crippen molar-refractivity contribution in [2.45, 2.75) is 161 Å². The minimum Gasteiger partial charge on any atom is -0.481 e. The number of carboxylic acids is 3. The number of nitrogens with zero attached hydrogens (tertiary/aromatic N) is 3. The van der Waals surface area contributed by atoms with E-state index in [1.54, 1.807) is 0 Å². The topological polar surface area (TPSA) is 122 Å². The summed E-state index contributed by atoms with van der Waals surface area (Å²) >= 11 is 0. The Balaban J connectivity index is 2.57. The van der Waals surface area contributed by atoms with Crippen LogP contribution in [-0.4, -0.2) is 102 Å². The molecule has 9 heteroatoms. The molecular weight excluding hydrogens is 570 g/mol. The van der Waals surface area contributed by atoms with Crippen LogP contribution < -0.4 is 0 Å². The van der Waals surface area contributed by atoms with Gasteiger partial charge in [-0.2, -0.15) is 0 Å². The first-order valence-electron chi connectivity index (χ1n) is 16.9. The van der Waals surface area contributed by atoms with Gasteiger partial charge in [-0.25, -0.2) is 0 Å². The maximum absolute atomic E-state index is 14.3. The van der Waals surface area contributed by atoms with Gasteiger partial charge in [0.15, 0.2) is 5.41 Å². The molecule has 0 saturated carbocycles. The van der Waals surface area contributed by atoms with Crippen molar-refractivity contribution < 1.29 is 29.7 Å². The number of carboxylic acid groups (broad SMARTS) is 3. The molecule has 0 aromatic carbocycles. The molecule has 0 atom stereocenters. The van der Waals surface area contributed by atoms with Gasteiger partial charge in [-0.15, -0.1) is 0 Å². The average molecular weight is 636 g/mol. The molecule has 0 amide bonds. The van der Waals surface area contributed by atoms with Gasteiger partial charge in [0.2, 0.25) is 0 Å². The highest BCUT2D eigenvalue weighted by Crippen LogP contribution is 2.68. The Kier molecular flexibility index (Phi) is 9.38. The number of hydrogen-bond acceptors (Lipinski definition) is 6. The van der Waals surface area contributed by atoms with E-state index >= 15 is 0 Å². The van der Waals surface area contributed by atoms with Crippen LogP contribution in [0.3, 0.4) is 0 Å². The lowest BCUT2D eigenvalue weighted by Gasteiger charge is -2.67. The van der Waals surface area contributed by atoms with E-state index in [2.05, 4.69) is 112 Å². The standard InChI is InChI=1S/C36H65N3O6/c1-29(2)16-23(17-30(3,4)37(29)13)35(22-26(40)41,24-18-31(5,6)38(14)32(7,8)19-24)36(27(42)43,28(44)45)25-20-33(9,10)39(15)34(11,12)21-25/h23-25H,16-22H2,1-15H3,(H,40,41)(H,42,43)(H,44,45). The van der Waals surface area contributed by atoms with Crippen LogP contribution in [0.2, 0.25) is 0 Å². The molecule has 3 saturated heterocycles. The molecule has 260 valence electrons. The largest absolute Gasteiger partial charge is 0.481 e. The smallest absolute Gasteiger partial charge is 0.321 e. The van der Waals surface area contributed by atoms with Crippen LogP contribution in [0.1, 0.15) is 128 Å². The Bertz CT molecular complexity index is 1080. The van der Waals surface area contributed by atoms with E-state index in [0.717, 1.165) is 0 Å². The van der Waals surface area contributed by atoms with Gasteiger partial charge in [0.05, 0.1) is 6.42 Å². The quantitative estimate of drug-likeness (QED) is 0.264. The maximum Gasteiger partial charge on any atom is 0.321 e. The van der Waals surface area contributed by atoms with Crippen molar-refractivity contribution in [1.29, 1.82) is 0 Å². The van der Waals surface area contributed by atoms with Gasteiger partial charge in [-0.1, -0.05) is 0 Å². The molecule has 0 bridgehead atoms. The summed E-state index contributed by atoms with van der Waals surface area (Å²) in [7, 11) is 6.16. The van der Waals surface area contributed by atoms with Crippen molar-refractivity contribution in [3.8, 4) is 0 Å². The van der Waals surface area contributed by atoms with Crippen LogP contribution in [0.25, 0.3) is 0 Å². The zero-order valence-electron chi connectivity index (χ0n) is 31.1. The van der Waals surface area contributed by atoms with Crippen molar-refractivity contribution in [1.82, 2.24) is 14.7 Å². The summed E-state index contributed by atoms with van der Waals surface area (Å²) < 4.78 is 0. The molecule has 0 aromatic rings. The van der Waals surface area contributed by atoms with E-state index in [-0.39, 0.29) is 0 Å². The number of rotatable bonds is 8. The first-order valence-corrected chi connectivity index (χ1v) is 16.9. The predicted octanol–water partition coefficient (Wildman–Crippen LogP) is 6.30. The second kappa shape index (κ2) is 11.2. The Hall–Kier alpha value is -1.71. The molecule has 0 aliphatic carbocycles. The lowest BCUT2D eigenvalue weighted by atomic mass is 9.40. The third kappa shape index (κ3) is 5.85. The van der Waals surface area contributed by atoms with Crippen LogP contribution in [-0.2, 0) is 14.4 Å². The van der Waals surface area contributed by atoms with Gasteiger partial charge >= 0.3 is 17.9 Å². The van der Waals surface area contributed by atoms with Crippen molar-refractivity contribution in [3.63, 3.8) is 0 Å². The fourth-order valence-electron chi connectivity index (χ4n) is 11.0. The van der Waals surface area contributed by atoms with E-state index in [4.69, 9.17) is 0 Å². The highest BCUT2D eigenvalue weighted by molar-refractivity contribution is 6.00. The Morgan fingerprint density at radius 3 is 0.933 bits per heavy atom. The maximum atomic E-state index is 14.3. The van der Waals surface area contributed by atoms with Gasteiger partial charge in [-0.3, -0.25) is 29.1 Å². The fourth-order valence-corrected chi connectivity index (χ4v) is 11.0. The second-order valence-corrected chi connectivity index (χ2v) is 18.9. The summed E-state index contributed by atoms with van der Waals surface area (Å²) in [4.78, 5) is 48.9. The van der Waals surface area contributed by atoms with Gasteiger partial charge in [-0.05, 0) is 161 Å². The van der Waals surface area contributed by atoms with Crippen LogP contribution in [0.4, 0.5) is 0 Å². The number of piperidine rings is 3. The summed E-state index contributed by atoms with van der Waals surface area (Å²) in [5.41, 5.74) is -6.58. The van der Waals surface area contributed by atoms with Crippen LogP contribution in [0.15, 0.2) is 0 Å². The van der Waals surface area contributed by atoms with E-state index < -0.39 is 86.1 Å². The normalized spacial score (nSPS) is 28.1. The number of carbonyl (C=O) groups is 3. The van der Waals surface area contributed by atoms with Crippen LogP contribution in [0.5, 0.6) is 0 Å². The number of likely N-dealkylation sites (tertiary alicyclic amines) is 3. The van der Waals surface area contributed by atoms with E-state index in [1.807, 2.05) is 7.05 Å². The first kappa shape index (κ1) is 37.7. The minimum atomic E-state index is -2.33. The molecule has 0 unspecified atom stereocenters. The zero-order valence-corrected chi connectivity index (χ0v) is 31.1. The van der Waals surface area contributed by atoms with Gasteiger partial charge < -0.3 is 15.3 Å². The Morgan fingerprint density at radius 1 is 0.511 bits per heavy atom. The first-order chi connectivity index (χ1) is 20.0. The third-order valence-electron chi connectivity index (χ3n) is 13.8. The number of hydrogen-bond donors (Lipinski definition) is 3. The molecule has 3 fully saturated rings. The van der Waals surface area contributed by atoms with E-state index in [1.165, 1.54) is 0 Å². The summed E-state index contributed by atoms with van der Waals surface area (Å²) in [6.07, 6.45) is 2.21. The molecule has 0 spiro atoms. The molecule has 3 aliphatic heterocycles. The third-order valence-corrected chi connectivity index (χ3v) is 13.8. The molecular formula is C36H65N3O6. The highest BCUT2D eigenvalue weighted by Gasteiger charge is 2.75. The number of aliphatic carboxylic acids is 3. The molecule has 0 aromatic heterocycles. The lowest BCUT2D eigenvalue weighted by molar-refractivity contribution is -0.228. The van der Waals surface area contributed by atoms with Gasteiger partial charge in [0.25, 0.3) is 0 Å². The fraction of sp³-hybridized carbons (Fsp3) is 0.917. The monoisotopic (exact) mass is 635 g/mol. The minimum absolute atomic E-state index is 0.339. The van der Waals surface area contributed by atoms with E-state index in [9.17, 15) is 29.7 Å². The molecule has 0 radical (unpaired) electrons. The zero-order chi connectivity index (χ0) is 35.1. The molecule has 45 heavy (non-hydrogen) atoms. The van der Waals surface area contributed by atoms with E-state index in [0.29, 0.717) is 38.5 Å². The summed E-state index contributed by atoms with van der Waals surface area (Å²) in [5.74, 6) is -5.62. The highest BCUT2D eigenvalue weighted by atomic mass is 16.4. The van der Waals surface area contributed by atoms with Gasteiger partial charge in [0, 0.05) is 38.6 Å². The summed E-state index contributed by atoms with van der Waals surface area (Å²) in [5, 5.41) is 34.3. The van der Waals surface area contributed by atoms with Crippen LogP contribution >= 0.6 is 0 Å². The molecule has 9 nitrogen and oxygen atoms in total. The van der Waals surface area contributed by atoms with Crippen molar-refractivity contribution in [3.05, 3.63) is 0 Å². The van der Waals surface area contributed by atoms with Gasteiger partial charge in [0.1, 0.15) is 0 Å². The molecule has 3 N–H and O–H groups in total. The predicted molar refractivity (Wildman–Crippen MR) is 178 cm³/mol. The summed E-state index contributed by atoms with van der Waals surface area (Å²) in [6, 6.07) is 0. The average Bonchev–Trinajstić information content (AvgIpc) is 2.82. The van der Waals surface area contributed by atoms with Crippen molar-refractivity contribution in [2.75, 3.05) is 21.1 Å². The van der Waals surface area contributed by atoms with Crippen LogP contribution in [0, 0.1) is 28.6 Å².